The molecule has 0 spiro atoms. The van der Waals surface area contributed by atoms with Crippen molar-refractivity contribution in [3.8, 4) is 17.0 Å². The molecule has 0 atom stereocenters. The number of rotatable bonds is 13. The molecule has 0 unspecified atom stereocenters. The molecule has 194 valence electrons. The minimum absolute atomic E-state index is 0.437. The van der Waals surface area contributed by atoms with Crippen molar-refractivity contribution in [1.29, 1.82) is 0 Å². The number of ether oxygens (including phenoxy) is 2. The molecule has 0 amide bonds. The molecule has 1 aliphatic carbocycles. The highest BCUT2D eigenvalue weighted by Gasteiger charge is 2.26. The first kappa shape index (κ1) is 26.1. The van der Waals surface area contributed by atoms with Crippen molar-refractivity contribution in [2.24, 2.45) is 0 Å². The SMILES string of the molecule is COCCNCCCCOc1cccc(Nc2ncc(C)c(-c3c(C4CCCCC4)noc3C)n2)c1. The Morgan fingerprint density at radius 3 is 2.75 bits per heavy atom. The van der Waals surface area contributed by atoms with Crippen LogP contribution >= 0.6 is 0 Å². The molecule has 2 heterocycles. The number of aromatic nitrogens is 3. The lowest BCUT2D eigenvalue weighted by atomic mass is 9.84. The van der Waals surface area contributed by atoms with Gasteiger partial charge in [0.2, 0.25) is 5.95 Å². The molecule has 0 bridgehead atoms. The lowest BCUT2D eigenvalue weighted by molar-refractivity contribution is 0.199. The highest BCUT2D eigenvalue weighted by atomic mass is 16.5. The van der Waals surface area contributed by atoms with Gasteiger partial charge in [0.05, 0.1) is 30.2 Å². The van der Waals surface area contributed by atoms with Crippen molar-refractivity contribution in [3.05, 3.63) is 47.5 Å². The molecule has 8 heteroatoms. The monoisotopic (exact) mass is 493 g/mol. The number of hydrogen-bond donors (Lipinski definition) is 2. The van der Waals surface area contributed by atoms with Crippen LogP contribution in [0.5, 0.6) is 5.75 Å². The minimum atomic E-state index is 0.437. The minimum Gasteiger partial charge on any atom is -0.494 e. The van der Waals surface area contributed by atoms with Crippen molar-refractivity contribution >= 4 is 11.6 Å². The molecule has 1 aliphatic rings. The van der Waals surface area contributed by atoms with Crippen LogP contribution in [0.15, 0.2) is 35.0 Å². The highest BCUT2D eigenvalue weighted by molar-refractivity contribution is 5.69. The lowest BCUT2D eigenvalue weighted by Crippen LogP contribution is -2.20. The maximum absolute atomic E-state index is 5.96. The van der Waals surface area contributed by atoms with E-state index in [0.717, 1.165) is 85.1 Å². The van der Waals surface area contributed by atoms with E-state index in [0.29, 0.717) is 18.5 Å². The van der Waals surface area contributed by atoms with Crippen LogP contribution in [0.25, 0.3) is 11.3 Å². The summed E-state index contributed by atoms with van der Waals surface area (Å²) in [5.41, 5.74) is 4.86. The summed E-state index contributed by atoms with van der Waals surface area (Å²) in [7, 11) is 1.72. The second-order valence-corrected chi connectivity index (χ2v) is 9.51. The van der Waals surface area contributed by atoms with Gasteiger partial charge in [0, 0.05) is 37.5 Å². The van der Waals surface area contributed by atoms with Gasteiger partial charge in [0.15, 0.2) is 0 Å². The first-order valence-electron chi connectivity index (χ1n) is 13.2. The first-order valence-corrected chi connectivity index (χ1v) is 13.2. The van der Waals surface area contributed by atoms with Crippen LogP contribution in [-0.4, -0.2) is 48.5 Å². The maximum Gasteiger partial charge on any atom is 0.227 e. The lowest BCUT2D eigenvalue weighted by Gasteiger charge is -2.20. The summed E-state index contributed by atoms with van der Waals surface area (Å²) in [5, 5.41) is 11.2. The van der Waals surface area contributed by atoms with E-state index in [1.165, 1.54) is 19.3 Å². The van der Waals surface area contributed by atoms with E-state index in [1.807, 2.05) is 44.3 Å². The highest BCUT2D eigenvalue weighted by Crippen LogP contribution is 2.39. The summed E-state index contributed by atoms with van der Waals surface area (Å²) >= 11 is 0. The van der Waals surface area contributed by atoms with E-state index in [2.05, 4.69) is 20.8 Å². The molecule has 0 aliphatic heterocycles. The topological polar surface area (TPSA) is 94.3 Å². The van der Waals surface area contributed by atoms with Gasteiger partial charge in [-0.15, -0.1) is 0 Å². The molecule has 2 aromatic heterocycles. The van der Waals surface area contributed by atoms with E-state index in [4.69, 9.17) is 19.0 Å². The number of hydrogen-bond acceptors (Lipinski definition) is 8. The summed E-state index contributed by atoms with van der Waals surface area (Å²) in [6.07, 6.45) is 10.0. The summed E-state index contributed by atoms with van der Waals surface area (Å²) in [4.78, 5) is 9.43. The van der Waals surface area contributed by atoms with Gasteiger partial charge in [-0.3, -0.25) is 0 Å². The maximum atomic E-state index is 5.96. The zero-order valence-electron chi connectivity index (χ0n) is 21.8. The summed E-state index contributed by atoms with van der Waals surface area (Å²) < 4.78 is 16.7. The number of nitrogens with one attached hydrogen (secondary N) is 2. The van der Waals surface area contributed by atoms with Crippen LogP contribution in [0.4, 0.5) is 11.6 Å². The van der Waals surface area contributed by atoms with Gasteiger partial charge in [-0.2, -0.15) is 0 Å². The average molecular weight is 494 g/mol. The van der Waals surface area contributed by atoms with E-state index in [1.54, 1.807) is 7.11 Å². The zero-order chi connectivity index (χ0) is 25.2. The normalized spacial score (nSPS) is 14.2. The summed E-state index contributed by atoms with van der Waals surface area (Å²) in [5.74, 6) is 2.62. The molecular weight excluding hydrogens is 454 g/mol. The predicted octanol–water partition coefficient (Wildman–Crippen LogP) is 5.93. The standard InChI is InChI=1S/C28H39N5O3/c1-20-19-30-28(32-26(20)25-21(2)36-33-27(25)22-10-5-4-6-11-22)31-23-12-9-13-24(18-23)35-16-8-7-14-29-15-17-34-3/h9,12-13,18-19,22,29H,4-8,10-11,14-17H2,1-3H3,(H,30,31,32). The third kappa shape index (κ3) is 7.04. The third-order valence-corrected chi connectivity index (χ3v) is 6.68. The first-order chi connectivity index (χ1) is 17.7. The molecule has 0 saturated heterocycles. The van der Waals surface area contributed by atoms with Gasteiger partial charge in [-0.05, 0) is 63.8 Å². The fraction of sp³-hybridized carbons (Fsp3) is 0.536. The second-order valence-electron chi connectivity index (χ2n) is 9.51. The second kappa shape index (κ2) is 13.4. The Morgan fingerprint density at radius 2 is 1.92 bits per heavy atom. The van der Waals surface area contributed by atoms with Crippen molar-refractivity contribution in [2.75, 3.05) is 38.7 Å². The van der Waals surface area contributed by atoms with E-state index in [-0.39, 0.29) is 0 Å². The van der Waals surface area contributed by atoms with Gasteiger partial charge in [0.25, 0.3) is 0 Å². The van der Waals surface area contributed by atoms with Crippen LogP contribution in [0.1, 0.15) is 67.9 Å². The number of aryl methyl sites for hydroxylation is 2. The largest absolute Gasteiger partial charge is 0.494 e. The molecule has 1 saturated carbocycles. The van der Waals surface area contributed by atoms with E-state index >= 15 is 0 Å². The van der Waals surface area contributed by atoms with Gasteiger partial charge in [0.1, 0.15) is 11.5 Å². The number of methoxy groups -OCH3 is 1. The van der Waals surface area contributed by atoms with Crippen LogP contribution < -0.4 is 15.4 Å². The third-order valence-electron chi connectivity index (χ3n) is 6.68. The van der Waals surface area contributed by atoms with Gasteiger partial charge in [-0.1, -0.05) is 30.5 Å². The molecule has 1 fully saturated rings. The molecule has 3 aromatic rings. The average Bonchev–Trinajstić information content (AvgIpc) is 3.28. The Hall–Kier alpha value is -2.97. The molecule has 4 rings (SSSR count). The number of nitrogens with zero attached hydrogens (tertiary/aromatic N) is 3. The molecule has 1 aromatic carbocycles. The quantitative estimate of drug-likeness (QED) is 0.283. The Bertz CT molecular complexity index is 1090. The Morgan fingerprint density at radius 1 is 1.06 bits per heavy atom. The molecular formula is C28H39N5O3. The fourth-order valence-electron chi connectivity index (χ4n) is 4.72. The zero-order valence-corrected chi connectivity index (χ0v) is 21.8. The summed E-state index contributed by atoms with van der Waals surface area (Å²) in [6.45, 7) is 7.28. The number of benzene rings is 1. The fourth-order valence-corrected chi connectivity index (χ4v) is 4.72. The van der Waals surface area contributed by atoms with Crippen LogP contribution in [-0.2, 0) is 4.74 Å². The Kier molecular flexibility index (Phi) is 9.69. The van der Waals surface area contributed by atoms with Crippen molar-refractivity contribution in [3.63, 3.8) is 0 Å². The van der Waals surface area contributed by atoms with E-state index < -0.39 is 0 Å². The van der Waals surface area contributed by atoms with Crippen molar-refractivity contribution in [2.45, 2.75) is 64.7 Å². The van der Waals surface area contributed by atoms with Crippen LogP contribution in [0, 0.1) is 13.8 Å². The van der Waals surface area contributed by atoms with Gasteiger partial charge >= 0.3 is 0 Å². The molecule has 0 radical (unpaired) electrons. The summed E-state index contributed by atoms with van der Waals surface area (Å²) in [6, 6.07) is 7.93. The van der Waals surface area contributed by atoms with Crippen LogP contribution in [0.2, 0.25) is 0 Å². The van der Waals surface area contributed by atoms with Crippen molar-refractivity contribution < 1.29 is 14.0 Å². The smallest absolute Gasteiger partial charge is 0.227 e. The number of unbranched alkanes of at least 4 members (excludes halogenated alkanes) is 1. The van der Waals surface area contributed by atoms with Gasteiger partial charge < -0.3 is 24.6 Å². The molecule has 36 heavy (non-hydrogen) atoms. The van der Waals surface area contributed by atoms with Gasteiger partial charge in [-0.25, -0.2) is 9.97 Å². The Balaban J connectivity index is 1.39. The van der Waals surface area contributed by atoms with E-state index in [9.17, 15) is 0 Å². The molecule has 8 nitrogen and oxygen atoms in total. The predicted molar refractivity (Wildman–Crippen MR) is 142 cm³/mol. The van der Waals surface area contributed by atoms with Crippen molar-refractivity contribution in [1.82, 2.24) is 20.4 Å². The Labute approximate surface area is 214 Å². The number of anilines is 2. The van der Waals surface area contributed by atoms with Crippen LogP contribution in [0.3, 0.4) is 0 Å². The molecule has 2 N–H and O–H groups in total.